The summed E-state index contributed by atoms with van der Waals surface area (Å²) in [5.41, 5.74) is 7.15. The summed E-state index contributed by atoms with van der Waals surface area (Å²) in [4.78, 5) is 12.3. The first-order valence-corrected chi connectivity index (χ1v) is 7.30. The standard InChI is InChI=1S/C15H12BrFN2OS/c16-12-3-1-2-11(13(12)17)15(20)19-8-9-4-6-10(7-5-9)14(18)21/h1-7H,8H2,(H2,18,21)(H,19,20). The van der Waals surface area contributed by atoms with Crippen LogP contribution in [0.4, 0.5) is 4.39 Å². The third-order valence-electron chi connectivity index (χ3n) is 2.89. The molecular weight excluding hydrogens is 355 g/mol. The predicted molar refractivity (Wildman–Crippen MR) is 87.6 cm³/mol. The van der Waals surface area contributed by atoms with Crippen molar-refractivity contribution >= 4 is 39.0 Å². The lowest BCUT2D eigenvalue weighted by atomic mass is 10.1. The number of carbonyl (C=O) groups is 1. The summed E-state index contributed by atoms with van der Waals surface area (Å²) >= 11 is 7.92. The van der Waals surface area contributed by atoms with Crippen LogP contribution in [0.3, 0.4) is 0 Å². The highest BCUT2D eigenvalue weighted by Crippen LogP contribution is 2.18. The van der Waals surface area contributed by atoms with Crippen LogP contribution in [0, 0.1) is 5.82 Å². The molecule has 0 saturated carbocycles. The molecule has 2 aromatic rings. The minimum atomic E-state index is -0.571. The highest BCUT2D eigenvalue weighted by atomic mass is 79.9. The summed E-state index contributed by atoms with van der Waals surface area (Å²) in [6.07, 6.45) is 0. The molecule has 0 aliphatic rings. The molecule has 3 nitrogen and oxygen atoms in total. The van der Waals surface area contributed by atoms with Gasteiger partial charge in [0.25, 0.3) is 5.91 Å². The monoisotopic (exact) mass is 366 g/mol. The SMILES string of the molecule is NC(=S)c1ccc(CNC(=O)c2cccc(Br)c2F)cc1. The van der Waals surface area contributed by atoms with E-state index in [1.54, 1.807) is 24.3 Å². The zero-order chi connectivity index (χ0) is 15.4. The molecule has 0 atom stereocenters. The van der Waals surface area contributed by atoms with E-state index in [4.69, 9.17) is 18.0 Å². The van der Waals surface area contributed by atoms with E-state index in [-0.39, 0.29) is 10.0 Å². The number of nitrogens with two attached hydrogens (primary N) is 1. The van der Waals surface area contributed by atoms with Gasteiger partial charge in [0.1, 0.15) is 10.8 Å². The van der Waals surface area contributed by atoms with Gasteiger partial charge in [0.15, 0.2) is 0 Å². The van der Waals surface area contributed by atoms with E-state index in [9.17, 15) is 9.18 Å². The van der Waals surface area contributed by atoms with Crippen molar-refractivity contribution in [3.8, 4) is 0 Å². The molecule has 0 spiro atoms. The molecule has 0 bridgehead atoms. The average molecular weight is 367 g/mol. The topological polar surface area (TPSA) is 55.1 Å². The minimum Gasteiger partial charge on any atom is -0.389 e. The van der Waals surface area contributed by atoms with Gasteiger partial charge in [-0.2, -0.15) is 0 Å². The van der Waals surface area contributed by atoms with Crippen molar-refractivity contribution in [3.63, 3.8) is 0 Å². The van der Waals surface area contributed by atoms with Gasteiger partial charge >= 0.3 is 0 Å². The first kappa shape index (κ1) is 15.6. The zero-order valence-electron chi connectivity index (χ0n) is 10.9. The number of amides is 1. The maximum atomic E-state index is 13.8. The number of rotatable bonds is 4. The molecule has 0 aliphatic heterocycles. The molecule has 0 aliphatic carbocycles. The highest BCUT2D eigenvalue weighted by molar-refractivity contribution is 9.10. The van der Waals surface area contributed by atoms with Crippen molar-refractivity contribution in [1.29, 1.82) is 0 Å². The number of halogens is 2. The van der Waals surface area contributed by atoms with E-state index >= 15 is 0 Å². The van der Waals surface area contributed by atoms with Crippen LogP contribution in [0.25, 0.3) is 0 Å². The van der Waals surface area contributed by atoms with Crippen LogP contribution in [-0.4, -0.2) is 10.9 Å². The number of hydrogen-bond acceptors (Lipinski definition) is 2. The summed E-state index contributed by atoms with van der Waals surface area (Å²) in [7, 11) is 0. The number of hydrogen-bond donors (Lipinski definition) is 2. The molecule has 0 heterocycles. The molecular formula is C15H12BrFN2OS. The maximum absolute atomic E-state index is 13.8. The van der Waals surface area contributed by atoms with Crippen LogP contribution < -0.4 is 11.1 Å². The normalized spacial score (nSPS) is 10.2. The van der Waals surface area contributed by atoms with E-state index in [0.29, 0.717) is 11.5 Å². The Hall–Kier alpha value is -1.79. The van der Waals surface area contributed by atoms with E-state index in [0.717, 1.165) is 11.1 Å². The second kappa shape index (κ2) is 6.78. The van der Waals surface area contributed by atoms with Gasteiger partial charge in [0, 0.05) is 12.1 Å². The van der Waals surface area contributed by atoms with Gasteiger partial charge in [-0.1, -0.05) is 42.5 Å². The molecule has 21 heavy (non-hydrogen) atoms. The zero-order valence-corrected chi connectivity index (χ0v) is 13.3. The van der Waals surface area contributed by atoms with Crippen molar-refractivity contribution in [1.82, 2.24) is 5.32 Å². The minimum absolute atomic E-state index is 0.00383. The van der Waals surface area contributed by atoms with Gasteiger partial charge in [0.05, 0.1) is 10.0 Å². The number of benzene rings is 2. The first-order valence-electron chi connectivity index (χ1n) is 6.10. The maximum Gasteiger partial charge on any atom is 0.254 e. The molecule has 2 rings (SSSR count). The van der Waals surface area contributed by atoms with Gasteiger partial charge in [-0.3, -0.25) is 4.79 Å². The Kier molecular flexibility index (Phi) is 5.03. The second-order valence-corrected chi connectivity index (χ2v) is 5.64. The fraction of sp³-hybridized carbons (Fsp3) is 0.0667. The number of carbonyl (C=O) groups excluding carboxylic acids is 1. The van der Waals surface area contributed by atoms with Crippen LogP contribution in [0.5, 0.6) is 0 Å². The molecule has 108 valence electrons. The number of nitrogens with one attached hydrogen (secondary N) is 1. The van der Waals surface area contributed by atoms with Crippen LogP contribution in [0.1, 0.15) is 21.5 Å². The third kappa shape index (κ3) is 3.86. The van der Waals surface area contributed by atoms with Crippen molar-refractivity contribution in [2.24, 2.45) is 5.73 Å². The molecule has 0 unspecified atom stereocenters. The van der Waals surface area contributed by atoms with Crippen LogP contribution in [0.15, 0.2) is 46.9 Å². The summed E-state index contributed by atoms with van der Waals surface area (Å²) in [5, 5.41) is 2.67. The van der Waals surface area contributed by atoms with E-state index in [2.05, 4.69) is 21.2 Å². The third-order valence-corrected chi connectivity index (χ3v) is 3.74. The summed E-state index contributed by atoms with van der Waals surface area (Å²) in [6.45, 7) is 0.294. The Balaban J connectivity index is 2.04. The quantitative estimate of drug-likeness (QED) is 0.817. The van der Waals surface area contributed by atoms with Crippen LogP contribution in [-0.2, 0) is 6.54 Å². The van der Waals surface area contributed by atoms with Crippen molar-refractivity contribution < 1.29 is 9.18 Å². The summed E-state index contributed by atoms with van der Waals surface area (Å²) in [6, 6.07) is 11.8. The van der Waals surface area contributed by atoms with Crippen molar-refractivity contribution in [3.05, 3.63) is 69.4 Å². The smallest absolute Gasteiger partial charge is 0.254 e. The lowest BCUT2D eigenvalue weighted by Crippen LogP contribution is -2.24. The molecule has 0 saturated heterocycles. The number of thiocarbonyl (C=S) groups is 1. The average Bonchev–Trinajstić information content (AvgIpc) is 2.48. The van der Waals surface area contributed by atoms with Gasteiger partial charge < -0.3 is 11.1 Å². The fourth-order valence-electron chi connectivity index (χ4n) is 1.74. The molecule has 6 heteroatoms. The Morgan fingerprint density at radius 3 is 2.52 bits per heavy atom. The Morgan fingerprint density at radius 2 is 1.90 bits per heavy atom. The van der Waals surface area contributed by atoms with E-state index in [1.165, 1.54) is 6.07 Å². The van der Waals surface area contributed by atoms with E-state index in [1.807, 2.05) is 12.1 Å². The lowest BCUT2D eigenvalue weighted by Gasteiger charge is -2.07. The van der Waals surface area contributed by atoms with Gasteiger partial charge in [-0.25, -0.2) is 4.39 Å². The Bertz CT molecular complexity index is 689. The molecule has 0 aromatic heterocycles. The van der Waals surface area contributed by atoms with Crippen molar-refractivity contribution in [2.45, 2.75) is 6.54 Å². The van der Waals surface area contributed by atoms with Crippen LogP contribution >= 0.6 is 28.1 Å². The van der Waals surface area contributed by atoms with Gasteiger partial charge in [-0.05, 0) is 33.6 Å². The Labute approximate surface area is 135 Å². The van der Waals surface area contributed by atoms with Gasteiger partial charge in [0.2, 0.25) is 0 Å². The fourth-order valence-corrected chi connectivity index (χ4v) is 2.25. The first-order chi connectivity index (χ1) is 9.99. The van der Waals surface area contributed by atoms with E-state index < -0.39 is 11.7 Å². The van der Waals surface area contributed by atoms with Crippen LogP contribution in [0.2, 0.25) is 0 Å². The van der Waals surface area contributed by atoms with Crippen molar-refractivity contribution in [2.75, 3.05) is 0 Å². The second-order valence-electron chi connectivity index (χ2n) is 4.35. The summed E-state index contributed by atoms with van der Waals surface area (Å²) in [5.74, 6) is -1.04. The molecule has 0 radical (unpaired) electrons. The Morgan fingerprint density at radius 1 is 1.24 bits per heavy atom. The highest BCUT2D eigenvalue weighted by Gasteiger charge is 2.13. The van der Waals surface area contributed by atoms with Gasteiger partial charge in [-0.15, -0.1) is 0 Å². The summed E-state index contributed by atoms with van der Waals surface area (Å²) < 4.78 is 14.0. The molecule has 2 aromatic carbocycles. The predicted octanol–water partition coefficient (Wildman–Crippen LogP) is 3.15. The largest absolute Gasteiger partial charge is 0.389 e. The lowest BCUT2D eigenvalue weighted by molar-refractivity contribution is 0.0946. The molecule has 3 N–H and O–H groups in total. The molecule has 0 fully saturated rings. The molecule has 1 amide bonds.